The average Bonchev–Trinajstić information content (AvgIpc) is 1.92. The lowest BCUT2D eigenvalue weighted by molar-refractivity contribution is 0.502. The standard InChI is InChI=1S/C7H5BrF2/c8-4-5-2-1-3-6(9)7(5)10/h1-3H,4H2/i4D2. The van der Waals surface area contributed by atoms with Gasteiger partial charge >= 0.3 is 0 Å². The van der Waals surface area contributed by atoms with Crippen LogP contribution >= 0.6 is 15.9 Å². The molecular formula is C7H5BrF2. The van der Waals surface area contributed by atoms with E-state index in [9.17, 15) is 8.78 Å². The van der Waals surface area contributed by atoms with E-state index in [-0.39, 0.29) is 5.56 Å². The normalized spacial score (nSPS) is 14.3. The van der Waals surface area contributed by atoms with Gasteiger partial charge in [0.1, 0.15) is 0 Å². The molecule has 0 aliphatic rings. The van der Waals surface area contributed by atoms with E-state index in [2.05, 4.69) is 15.9 Å². The Kier molecular flexibility index (Phi) is 1.63. The molecule has 0 unspecified atom stereocenters. The first-order valence-electron chi connectivity index (χ1n) is 3.56. The fourth-order valence-corrected chi connectivity index (χ4v) is 0.883. The molecule has 0 spiro atoms. The maximum absolute atomic E-state index is 12.9. The van der Waals surface area contributed by atoms with Crippen molar-refractivity contribution in [3.05, 3.63) is 35.4 Å². The predicted octanol–water partition coefficient (Wildman–Crippen LogP) is 2.86. The van der Waals surface area contributed by atoms with Crippen LogP contribution in [0, 0.1) is 11.6 Å². The highest BCUT2D eigenvalue weighted by molar-refractivity contribution is 9.08. The number of hydrogen-bond donors (Lipinski definition) is 0. The number of benzene rings is 1. The summed E-state index contributed by atoms with van der Waals surface area (Å²) < 4.78 is 39.6. The molecule has 0 aliphatic heterocycles. The zero-order valence-corrected chi connectivity index (χ0v) is 6.45. The van der Waals surface area contributed by atoms with E-state index >= 15 is 0 Å². The molecule has 0 bridgehead atoms. The van der Waals surface area contributed by atoms with Crippen LogP contribution in [0.2, 0.25) is 0 Å². The van der Waals surface area contributed by atoms with Crippen LogP contribution in [0.1, 0.15) is 8.30 Å². The van der Waals surface area contributed by atoms with Crippen LogP contribution in [-0.4, -0.2) is 0 Å². The first kappa shape index (κ1) is 5.24. The van der Waals surface area contributed by atoms with Crippen molar-refractivity contribution in [3.8, 4) is 0 Å². The Balaban J connectivity index is 3.26. The van der Waals surface area contributed by atoms with Gasteiger partial charge in [-0.1, -0.05) is 28.1 Å². The van der Waals surface area contributed by atoms with Gasteiger partial charge in [0, 0.05) is 13.6 Å². The largest absolute Gasteiger partial charge is 0.204 e. The molecule has 1 aromatic rings. The summed E-state index contributed by atoms with van der Waals surface area (Å²) in [6, 6.07) is 3.39. The third kappa shape index (κ3) is 1.34. The summed E-state index contributed by atoms with van der Waals surface area (Å²) in [4.78, 5) is 0. The minimum absolute atomic E-state index is 0.331. The number of rotatable bonds is 1. The zero-order valence-electron chi connectivity index (χ0n) is 6.87. The minimum atomic E-state index is -2.03. The molecule has 0 saturated heterocycles. The predicted molar refractivity (Wildman–Crippen MR) is 39.0 cm³/mol. The lowest BCUT2D eigenvalue weighted by Crippen LogP contribution is -1.89. The Hall–Kier alpha value is -0.440. The molecule has 1 rings (SSSR count). The summed E-state index contributed by atoms with van der Waals surface area (Å²) in [5, 5.41) is -2.03. The molecule has 1 aromatic carbocycles. The fraction of sp³-hybridized carbons (Fsp3) is 0.143. The van der Waals surface area contributed by atoms with Gasteiger partial charge in [0.2, 0.25) is 0 Å². The number of halogens is 3. The molecule has 0 amide bonds. The van der Waals surface area contributed by atoms with E-state index < -0.39 is 16.9 Å². The van der Waals surface area contributed by atoms with E-state index in [1.54, 1.807) is 0 Å². The fourth-order valence-electron chi connectivity index (χ4n) is 0.577. The summed E-state index contributed by atoms with van der Waals surface area (Å²) in [7, 11) is 0. The Morgan fingerprint density at radius 2 is 2.20 bits per heavy atom. The van der Waals surface area contributed by atoms with Crippen molar-refractivity contribution in [1.82, 2.24) is 0 Å². The number of alkyl halides is 1. The second-order valence-corrected chi connectivity index (χ2v) is 2.09. The molecule has 0 aliphatic carbocycles. The Labute approximate surface area is 68.8 Å². The zero-order chi connectivity index (χ0) is 9.35. The van der Waals surface area contributed by atoms with Gasteiger partial charge in [0.05, 0.1) is 0 Å². The van der Waals surface area contributed by atoms with Gasteiger partial charge in [0.25, 0.3) is 0 Å². The maximum atomic E-state index is 12.9. The lowest BCUT2D eigenvalue weighted by atomic mass is 10.2. The van der Waals surface area contributed by atoms with Gasteiger partial charge in [-0.2, -0.15) is 0 Å². The van der Waals surface area contributed by atoms with Crippen LogP contribution < -0.4 is 0 Å². The molecule has 0 radical (unpaired) electrons. The van der Waals surface area contributed by atoms with E-state index in [4.69, 9.17) is 2.74 Å². The van der Waals surface area contributed by atoms with Crippen LogP contribution in [0.25, 0.3) is 0 Å². The van der Waals surface area contributed by atoms with Gasteiger partial charge in [-0.25, -0.2) is 8.78 Å². The van der Waals surface area contributed by atoms with E-state index in [1.807, 2.05) is 0 Å². The average molecular weight is 209 g/mol. The SMILES string of the molecule is [2H]C([2H])(Br)c1cccc(F)c1F. The van der Waals surface area contributed by atoms with Gasteiger partial charge < -0.3 is 0 Å². The van der Waals surface area contributed by atoms with Crippen molar-refractivity contribution < 1.29 is 11.5 Å². The molecule has 0 N–H and O–H groups in total. The molecule has 0 heterocycles. The Bertz CT molecular complexity index is 296. The first-order valence-corrected chi connectivity index (χ1v) is 3.35. The van der Waals surface area contributed by atoms with Crippen LogP contribution in [-0.2, 0) is 5.28 Å². The highest BCUT2D eigenvalue weighted by Gasteiger charge is 2.04. The highest BCUT2D eigenvalue weighted by atomic mass is 79.9. The molecule has 0 atom stereocenters. The Morgan fingerprint density at radius 3 is 2.70 bits per heavy atom. The summed E-state index contributed by atoms with van der Waals surface area (Å²) >= 11 is 2.60. The first-order chi connectivity index (χ1) is 5.43. The van der Waals surface area contributed by atoms with Gasteiger partial charge in [0.15, 0.2) is 11.6 Å². The molecule has 0 saturated carbocycles. The smallest absolute Gasteiger partial charge is 0.162 e. The second kappa shape index (κ2) is 3.10. The maximum Gasteiger partial charge on any atom is 0.162 e. The topological polar surface area (TPSA) is 0 Å². The lowest BCUT2D eigenvalue weighted by Gasteiger charge is -1.96. The van der Waals surface area contributed by atoms with Crippen molar-refractivity contribution in [3.63, 3.8) is 0 Å². The monoisotopic (exact) mass is 208 g/mol. The third-order valence-electron chi connectivity index (χ3n) is 1.05. The van der Waals surface area contributed by atoms with Crippen LogP contribution in [0.4, 0.5) is 8.78 Å². The van der Waals surface area contributed by atoms with E-state index in [0.717, 1.165) is 6.07 Å². The van der Waals surface area contributed by atoms with Crippen molar-refractivity contribution >= 4 is 15.9 Å². The van der Waals surface area contributed by atoms with E-state index in [0.29, 0.717) is 0 Å². The van der Waals surface area contributed by atoms with Crippen molar-refractivity contribution in [2.75, 3.05) is 0 Å². The van der Waals surface area contributed by atoms with Crippen molar-refractivity contribution in [2.24, 2.45) is 0 Å². The molecule has 54 valence electrons. The van der Waals surface area contributed by atoms with Crippen LogP contribution in [0.15, 0.2) is 18.2 Å². The summed E-state index contributed by atoms with van der Waals surface area (Å²) in [6.45, 7) is 0. The van der Waals surface area contributed by atoms with Crippen LogP contribution in [0.5, 0.6) is 0 Å². The van der Waals surface area contributed by atoms with Gasteiger partial charge in [-0.3, -0.25) is 0 Å². The molecule has 3 heteroatoms. The third-order valence-corrected chi connectivity index (χ3v) is 1.48. The summed E-state index contributed by atoms with van der Waals surface area (Å²) in [5.41, 5.74) is -0.331. The quantitative estimate of drug-likeness (QED) is 0.623. The van der Waals surface area contributed by atoms with Crippen molar-refractivity contribution in [1.29, 1.82) is 0 Å². The molecule has 0 fully saturated rings. The van der Waals surface area contributed by atoms with Gasteiger partial charge in [-0.05, 0) is 6.07 Å². The van der Waals surface area contributed by atoms with Crippen LogP contribution in [0.3, 0.4) is 0 Å². The van der Waals surface area contributed by atoms with Gasteiger partial charge in [-0.15, -0.1) is 0 Å². The molecule has 0 nitrogen and oxygen atoms in total. The van der Waals surface area contributed by atoms with E-state index in [1.165, 1.54) is 12.1 Å². The van der Waals surface area contributed by atoms with Crippen molar-refractivity contribution in [2.45, 2.75) is 5.28 Å². The second-order valence-electron chi connectivity index (χ2n) is 1.70. The summed E-state index contributed by atoms with van der Waals surface area (Å²) in [6.07, 6.45) is 0. The number of hydrogen-bond acceptors (Lipinski definition) is 0. The molecular weight excluding hydrogens is 202 g/mol. The minimum Gasteiger partial charge on any atom is -0.204 e. The molecule has 10 heavy (non-hydrogen) atoms. The summed E-state index contributed by atoms with van der Waals surface area (Å²) in [5.74, 6) is -2.20. The Morgan fingerprint density at radius 1 is 1.50 bits per heavy atom. The molecule has 0 aromatic heterocycles. The highest BCUT2D eigenvalue weighted by Crippen LogP contribution is 2.13.